The van der Waals surface area contributed by atoms with Crippen LogP contribution in [-0.4, -0.2) is 31.2 Å². The fourth-order valence-electron chi connectivity index (χ4n) is 3.07. The summed E-state index contributed by atoms with van der Waals surface area (Å²) >= 11 is 0. The average molecular weight is 351 g/mol. The molecule has 0 radical (unpaired) electrons. The minimum atomic E-state index is -2.82. The van der Waals surface area contributed by atoms with Gasteiger partial charge >= 0.3 is 6.61 Å². The number of halogens is 3. The van der Waals surface area contributed by atoms with Crippen molar-refractivity contribution in [2.75, 3.05) is 19.7 Å². The van der Waals surface area contributed by atoms with Crippen molar-refractivity contribution in [1.82, 2.24) is 4.90 Å². The number of nitrogens with zero attached hydrogens (tertiary/aromatic N) is 1. The monoisotopic (exact) mass is 351 g/mol. The van der Waals surface area contributed by atoms with Crippen molar-refractivity contribution in [2.24, 2.45) is 0 Å². The van der Waals surface area contributed by atoms with Crippen LogP contribution in [0.2, 0.25) is 0 Å². The number of benzene rings is 2. The van der Waals surface area contributed by atoms with Crippen molar-refractivity contribution in [3.05, 3.63) is 65.5 Å². The van der Waals surface area contributed by atoms with E-state index in [4.69, 9.17) is 4.74 Å². The normalized spacial score (nSPS) is 19.8. The Balaban J connectivity index is 1.68. The summed E-state index contributed by atoms with van der Waals surface area (Å²) in [5.41, 5.74) is 1.82. The van der Waals surface area contributed by atoms with Crippen molar-refractivity contribution in [1.29, 1.82) is 0 Å². The van der Waals surface area contributed by atoms with Crippen LogP contribution in [0.5, 0.6) is 5.75 Å². The average Bonchev–Trinajstić information content (AvgIpc) is 2.61. The summed E-state index contributed by atoms with van der Waals surface area (Å²) in [6.07, 6.45) is -0.187. The summed E-state index contributed by atoms with van der Waals surface area (Å²) in [7, 11) is 0. The maximum Gasteiger partial charge on any atom is 0.387 e. The lowest BCUT2D eigenvalue weighted by Crippen LogP contribution is -2.39. The van der Waals surface area contributed by atoms with Crippen LogP contribution in [0.15, 0.2) is 48.5 Å². The molecule has 0 spiro atoms. The molecule has 134 valence electrons. The molecule has 6 heteroatoms. The van der Waals surface area contributed by atoms with E-state index >= 15 is 0 Å². The first-order valence-corrected chi connectivity index (χ1v) is 8.19. The Morgan fingerprint density at radius 2 is 1.92 bits per heavy atom. The first-order chi connectivity index (χ1) is 12.0. The summed E-state index contributed by atoms with van der Waals surface area (Å²) in [5.74, 6) is -0.133. The largest absolute Gasteiger partial charge is 0.435 e. The third-order valence-corrected chi connectivity index (χ3v) is 4.45. The molecule has 0 N–H and O–H groups in total. The fourth-order valence-corrected chi connectivity index (χ4v) is 3.07. The van der Waals surface area contributed by atoms with Crippen LogP contribution in [0.1, 0.15) is 30.2 Å². The second-order valence-electron chi connectivity index (χ2n) is 6.03. The molecule has 1 aliphatic heterocycles. The van der Waals surface area contributed by atoms with Crippen LogP contribution in [0.4, 0.5) is 13.2 Å². The zero-order valence-corrected chi connectivity index (χ0v) is 13.9. The Hall–Kier alpha value is -2.05. The van der Waals surface area contributed by atoms with Gasteiger partial charge in [0, 0.05) is 19.1 Å². The maximum atomic E-state index is 13.4. The number of morpholine rings is 1. The third kappa shape index (κ3) is 4.52. The van der Waals surface area contributed by atoms with Gasteiger partial charge in [0.15, 0.2) is 0 Å². The van der Waals surface area contributed by atoms with Gasteiger partial charge in [-0.15, -0.1) is 0 Å². The highest BCUT2D eigenvalue weighted by atomic mass is 19.3. The van der Waals surface area contributed by atoms with Crippen LogP contribution in [-0.2, 0) is 4.74 Å². The Morgan fingerprint density at radius 3 is 2.60 bits per heavy atom. The van der Waals surface area contributed by atoms with E-state index in [1.165, 1.54) is 12.1 Å². The summed E-state index contributed by atoms with van der Waals surface area (Å²) in [6.45, 7) is 1.17. The molecule has 3 nitrogen and oxygen atoms in total. The lowest BCUT2D eigenvalue weighted by Gasteiger charge is -2.37. The lowest BCUT2D eigenvalue weighted by atomic mass is 10.0. The number of alkyl halides is 2. The number of hydrogen-bond acceptors (Lipinski definition) is 3. The van der Waals surface area contributed by atoms with Gasteiger partial charge in [0.05, 0.1) is 12.7 Å². The van der Waals surface area contributed by atoms with E-state index in [9.17, 15) is 13.2 Å². The summed E-state index contributed by atoms with van der Waals surface area (Å²) in [4.78, 5) is 2.24. The fraction of sp³-hybridized carbons (Fsp3) is 0.368. The topological polar surface area (TPSA) is 21.7 Å². The Bertz CT molecular complexity index is 693. The highest BCUT2D eigenvalue weighted by Gasteiger charge is 2.26. The van der Waals surface area contributed by atoms with Crippen molar-refractivity contribution in [3.8, 4) is 5.75 Å². The summed E-state index contributed by atoms with van der Waals surface area (Å²) in [6, 6.07) is 13.2. The van der Waals surface area contributed by atoms with Gasteiger partial charge in [-0.2, -0.15) is 8.78 Å². The molecule has 25 heavy (non-hydrogen) atoms. The number of hydrogen-bond donors (Lipinski definition) is 0. The molecule has 0 aliphatic carbocycles. The third-order valence-electron chi connectivity index (χ3n) is 4.45. The highest BCUT2D eigenvalue weighted by Crippen LogP contribution is 2.29. The second-order valence-corrected chi connectivity index (χ2v) is 6.03. The Morgan fingerprint density at radius 1 is 1.16 bits per heavy atom. The molecule has 0 aromatic heterocycles. The second kappa shape index (κ2) is 7.89. The quantitative estimate of drug-likeness (QED) is 0.788. The standard InChI is InChI=1S/C19H20F3NO2/c1-13(14-5-7-17(8-6-14)25-19(21)22)23-9-10-24-18(12-23)15-3-2-4-16(20)11-15/h2-8,11,13,18-19H,9-10,12H2,1H3. The van der Waals surface area contributed by atoms with Gasteiger partial charge in [-0.05, 0) is 42.3 Å². The van der Waals surface area contributed by atoms with E-state index in [0.29, 0.717) is 13.2 Å². The molecular weight excluding hydrogens is 331 g/mol. The number of rotatable bonds is 5. The van der Waals surface area contributed by atoms with Gasteiger partial charge in [0.2, 0.25) is 0 Å². The van der Waals surface area contributed by atoms with E-state index in [0.717, 1.165) is 17.7 Å². The van der Waals surface area contributed by atoms with Gasteiger partial charge in [0.1, 0.15) is 11.6 Å². The molecule has 0 amide bonds. The molecule has 2 aromatic rings. The molecule has 0 saturated carbocycles. The van der Waals surface area contributed by atoms with Gasteiger partial charge in [-0.25, -0.2) is 4.39 Å². The van der Waals surface area contributed by atoms with E-state index < -0.39 is 6.61 Å². The van der Waals surface area contributed by atoms with Crippen LogP contribution < -0.4 is 4.74 Å². The van der Waals surface area contributed by atoms with Crippen LogP contribution in [0.3, 0.4) is 0 Å². The Kier molecular flexibility index (Phi) is 5.60. The lowest BCUT2D eigenvalue weighted by molar-refractivity contribution is -0.0500. The first kappa shape index (κ1) is 17.8. The smallest absolute Gasteiger partial charge is 0.387 e. The Labute approximate surface area is 145 Å². The van der Waals surface area contributed by atoms with E-state index in [2.05, 4.69) is 16.6 Å². The predicted molar refractivity (Wildman–Crippen MR) is 88.2 cm³/mol. The summed E-state index contributed by atoms with van der Waals surface area (Å²) < 4.78 is 48.1. The molecule has 2 unspecified atom stereocenters. The van der Waals surface area contributed by atoms with Crippen LogP contribution in [0, 0.1) is 5.82 Å². The van der Waals surface area contributed by atoms with Gasteiger partial charge in [-0.3, -0.25) is 4.90 Å². The molecule has 2 aromatic carbocycles. The minimum Gasteiger partial charge on any atom is -0.435 e. The van der Waals surface area contributed by atoms with Crippen molar-refractivity contribution in [3.63, 3.8) is 0 Å². The van der Waals surface area contributed by atoms with E-state index in [1.54, 1.807) is 30.3 Å². The van der Waals surface area contributed by atoms with Crippen molar-refractivity contribution < 1.29 is 22.6 Å². The zero-order chi connectivity index (χ0) is 17.8. The SMILES string of the molecule is CC(c1ccc(OC(F)F)cc1)N1CCOC(c2cccc(F)c2)C1. The molecular formula is C19H20F3NO2. The molecule has 2 atom stereocenters. The van der Waals surface area contributed by atoms with E-state index in [1.807, 2.05) is 6.07 Å². The first-order valence-electron chi connectivity index (χ1n) is 8.19. The maximum absolute atomic E-state index is 13.4. The minimum absolute atomic E-state index is 0.0839. The van der Waals surface area contributed by atoms with Crippen molar-refractivity contribution in [2.45, 2.75) is 25.7 Å². The molecule has 3 rings (SSSR count). The van der Waals surface area contributed by atoms with Gasteiger partial charge < -0.3 is 9.47 Å². The molecule has 0 bridgehead atoms. The van der Waals surface area contributed by atoms with Crippen molar-refractivity contribution >= 4 is 0 Å². The molecule has 1 fully saturated rings. The molecule has 1 saturated heterocycles. The predicted octanol–water partition coefficient (Wildman–Crippen LogP) is 4.56. The van der Waals surface area contributed by atoms with Gasteiger partial charge in [0.25, 0.3) is 0 Å². The van der Waals surface area contributed by atoms with E-state index in [-0.39, 0.29) is 23.7 Å². The highest BCUT2D eigenvalue weighted by molar-refractivity contribution is 5.29. The van der Waals surface area contributed by atoms with Gasteiger partial charge in [-0.1, -0.05) is 24.3 Å². The molecule has 1 heterocycles. The summed E-state index contributed by atoms with van der Waals surface area (Å²) in [5, 5.41) is 0. The van der Waals surface area contributed by atoms with Crippen LogP contribution >= 0.6 is 0 Å². The zero-order valence-electron chi connectivity index (χ0n) is 13.9. The van der Waals surface area contributed by atoms with Crippen LogP contribution in [0.25, 0.3) is 0 Å². The molecule has 1 aliphatic rings. The number of ether oxygens (including phenoxy) is 2.